The molecule has 0 amide bonds. The Morgan fingerprint density at radius 2 is 1.61 bits per heavy atom. The number of fused-ring (bicyclic) bond motifs is 2. The quantitative estimate of drug-likeness (QED) is 0.432. The summed E-state index contributed by atoms with van der Waals surface area (Å²) in [5.74, 6) is 0.259. The average molecular weight is 307 g/mol. The van der Waals surface area contributed by atoms with Crippen LogP contribution in [0.15, 0.2) is 48.5 Å². The van der Waals surface area contributed by atoms with Gasteiger partial charge < -0.3 is 10.0 Å². The summed E-state index contributed by atoms with van der Waals surface area (Å²) in [6.45, 7) is 0.544. The third kappa shape index (κ3) is 3.17. The zero-order chi connectivity index (χ0) is 16.2. The second kappa shape index (κ2) is 6.75. The summed E-state index contributed by atoms with van der Waals surface area (Å²) >= 11 is 0. The van der Waals surface area contributed by atoms with Gasteiger partial charge in [-0.3, -0.25) is 5.41 Å². The molecule has 2 N–H and O–H groups in total. The normalized spacial score (nSPS) is 11.0. The first-order valence-corrected chi connectivity index (χ1v) is 7.86. The summed E-state index contributed by atoms with van der Waals surface area (Å²) in [5.41, 5.74) is 3.37. The first-order chi connectivity index (χ1) is 11.2. The Morgan fingerprint density at radius 1 is 1.04 bits per heavy atom. The second-order valence-corrected chi connectivity index (χ2v) is 5.75. The summed E-state index contributed by atoms with van der Waals surface area (Å²) in [6.07, 6.45) is 1.85. The molecule has 2 aromatic carbocycles. The number of benzene rings is 2. The summed E-state index contributed by atoms with van der Waals surface area (Å²) in [4.78, 5) is 6.54. The van der Waals surface area contributed by atoms with E-state index in [1.807, 2.05) is 19.2 Å². The van der Waals surface area contributed by atoms with Crippen molar-refractivity contribution in [3.05, 3.63) is 54.1 Å². The Labute approximate surface area is 135 Å². The van der Waals surface area contributed by atoms with Crippen molar-refractivity contribution < 1.29 is 5.11 Å². The minimum atomic E-state index is -0.211. The molecule has 0 radical (unpaired) electrons. The van der Waals surface area contributed by atoms with Gasteiger partial charge in [-0.1, -0.05) is 36.4 Å². The summed E-state index contributed by atoms with van der Waals surface area (Å²) in [5, 5.41) is 19.1. The van der Waals surface area contributed by atoms with Crippen LogP contribution >= 0.6 is 0 Å². The van der Waals surface area contributed by atoms with Crippen LogP contribution in [0, 0.1) is 5.41 Å². The Hall–Kier alpha value is -2.46. The molecule has 1 aromatic heterocycles. The number of para-hydroxylation sites is 2. The molecule has 4 heteroatoms. The highest BCUT2D eigenvalue weighted by molar-refractivity contribution is 5.97. The van der Waals surface area contributed by atoms with Crippen LogP contribution in [-0.2, 0) is 6.42 Å². The van der Waals surface area contributed by atoms with Gasteiger partial charge in [0.25, 0.3) is 0 Å². The van der Waals surface area contributed by atoms with E-state index in [2.05, 4.69) is 36.4 Å². The van der Waals surface area contributed by atoms with Gasteiger partial charge in [-0.2, -0.15) is 0 Å². The fourth-order valence-corrected chi connectivity index (χ4v) is 2.95. The fraction of sp³-hybridized carbons (Fsp3) is 0.263. The smallest absolute Gasteiger partial charge is 0.122 e. The van der Waals surface area contributed by atoms with Crippen molar-refractivity contribution in [1.82, 2.24) is 9.88 Å². The predicted molar refractivity (Wildman–Crippen MR) is 95.0 cm³/mol. The van der Waals surface area contributed by atoms with Gasteiger partial charge in [0.15, 0.2) is 0 Å². The highest BCUT2D eigenvalue weighted by atomic mass is 16.3. The molecule has 0 fully saturated rings. The van der Waals surface area contributed by atoms with Crippen molar-refractivity contribution in [3.63, 3.8) is 0 Å². The number of likely N-dealkylation sites (N-methyl/N-ethyl adjacent to an activating group) is 1. The van der Waals surface area contributed by atoms with E-state index in [1.165, 1.54) is 16.3 Å². The molecule has 3 rings (SSSR count). The third-order valence-electron chi connectivity index (χ3n) is 4.23. The molecule has 0 bridgehead atoms. The largest absolute Gasteiger partial charge is 0.388 e. The molecule has 0 atom stereocenters. The van der Waals surface area contributed by atoms with Crippen molar-refractivity contribution in [2.75, 3.05) is 20.2 Å². The van der Waals surface area contributed by atoms with E-state index < -0.39 is 0 Å². The molecule has 23 heavy (non-hydrogen) atoms. The number of hydrogen-bond donors (Lipinski definition) is 2. The number of aliphatic hydroxyl groups excluding tert-OH is 1. The van der Waals surface area contributed by atoms with Crippen molar-refractivity contribution in [3.8, 4) is 0 Å². The highest BCUT2D eigenvalue weighted by Crippen LogP contribution is 2.26. The molecule has 0 aliphatic carbocycles. The van der Waals surface area contributed by atoms with Crippen molar-refractivity contribution in [2.45, 2.75) is 12.8 Å². The van der Waals surface area contributed by atoms with Crippen LogP contribution in [0.2, 0.25) is 0 Å². The number of nitrogens with zero attached hydrogens (tertiary/aromatic N) is 2. The molecular formula is C19H21N3O. The van der Waals surface area contributed by atoms with Gasteiger partial charge in [0.2, 0.25) is 0 Å². The van der Waals surface area contributed by atoms with E-state index >= 15 is 0 Å². The Morgan fingerprint density at radius 3 is 2.17 bits per heavy atom. The van der Waals surface area contributed by atoms with Crippen LogP contribution < -0.4 is 0 Å². The second-order valence-electron chi connectivity index (χ2n) is 5.75. The van der Waals surface area contributed by atoms with Gasteiger partial charge in [0, 0.05) is 24.4 Å². The van der Waals surface area contributed by atoms with E-state index in [4.69, 9.17) is 15.5 Å². The topological polar surface area (TPSA) is 60.2 Å². The van der Waals surface area contributed by atoms with Crippen LogP contribution in [0.5, 0.6) is 0 Å². The maximum atomic E-state index is 9.03. The molecule has 3 aromatic rings. The van der Waals surface area contributed by atoms with Crippen LogP contribution in [0.3, 0.4) is 0 Å². The first kappa shape index (κ1) is 15.4. The Balaban J connectivity index is 1.92. The van der Waals surface area contributed by atoms with Gasteiger partial charge in [0.1, 0.15) is 12.4 Å². The fourth-order valence-electron chi connectivity index (χ4n) is 2.95. The minimum absolute atomic E-state index is 0.211. The summed E-state index contributed by atoms with van der Waals surface area (Å²) < 4.78 is 0. The molecule has 1 heterocycles. The molecule has 0 aliphatic heterocycles. The van der Waals surface area contributed by atoms with Crippen LogP contribution in [0.4, 0.5) is 0 Å². The standard InChI is InChI=1S/C19H21N3O/c1-22(19(20)13-23)12-6-9-14-15-7-2-4-10-17(15)21-18-11-5-3-8-16(14)18/h2-5,7-8,10-11,20,23H,6,9,12-13H2,1H3. The minimum Gasteiger partial charge on any atom is -0.388 e. The lowest BCUT2D eigenvalue weighted by atomic mass is 9.98. The average Bonchev–Trinajstić information content (AvgIpc) is 2.60. The molecule has 0 aliphatic rings. The number of rotatable bonds is 5. The van der Waals surface area contributed by atoms with Gasteiger partial charge in [0.05, 0.1) is 11.0 Å². The van der Waals surface area contributed by atoms with Crippen molar-refractivity contribution in [2.24, 2.45) is 0 Å². The van der Waals surface area contributed by atoms with Gasteiger partial charge in [-0.15, -0.1) is 0 Å². The molecular weight excluding hydrogens is 286 g/mol. The first-order valence-electron chi connectivity index (χ1n) is 7.86. The lowest BCUT2D eigenvalue weighted by molar-refractivity contribution is 0.330. The number of aliphatic hydroxyl groups is 1. The zero-order valence-corrected chi connectivity index (χ0v) is 13.3. The van der Waals surface area contributed by atoms with Crippen molar-refractivity contribution in [1.29, 1.82) is 5.41 Å². The molecule has 0 saturated heterocycles. The number of aryl methyl sites for hydroxylation is 1. The van der Waals surface area contributed by atoms with E-state index in [0.717, 1.165) is 30.4 Å². The molecule has 0 saturated carbocycles. The summed E-state index contributed by atoms with van der Waals surface area (Å²) in [6, 6.07) is 16.5. The van der Waals surface area contributed by atoms with E-state index in [9.17, 15) is 0 Å². The highest BCUT2D eigenvalue weighted by Gasteiger charge is 2.09. The molecule has 0 spiro atoms. The number of nitrogens with one attached hydrogen (secondary N) is 1. The van der Waals surface area contributed by atoms with Crippen molar-refractivity contribution >= 4 is 27.6 Å². The van der Waals surface area contributed by atoms with Crippen LogP contribution in [0.1, 0.15) is 12.0 Å². The van der Waals surface area contributed by atoms with E-state index in [0.29, 0.717) is 0 Å². The Kier molecular flexibility index (Phi) is 4.53. The van der Waals surface area contributed by atoms with Gasteiger partial charge in [-0.05, 0) is 30.5 Å². The molecule has 4 nitrogen and oxygen atoms in total. The molecule has 0 unspecified atom stereocenters. The maximum absolute atomic E-state index is 9.03. The number of aromatic nitrogens is 1. The zero-order valence-electron chi connectivity index (χ0n) is 13.3. The SMILES string of the molecule is CN(CCCc1c2ccccc2nc2ccccc12)C(=N)CO. The summed E-state index contributed by atoms with van der Waals surface area (Å²) in [7, 11) is 1.85. The van der Waals surface area contributed by atoms with Crippen LogP contribution in [0.25, 0.3) is 21.8 Å². The van der Waals surface area contributed by atoms with Gasteiger partial charge in [-0.25, -0.2) is 4.98 Å². The lowest BCUT2D eigenvalue weighted by Gasteiger charge is -2.19. The number of hydrogen-bond acceptors (Lipinski definition) is 3. The Bertz CT molecular complexity index is 790. The lowest BCUT2D eigenvalue weighted by Crippen LogP contribution is -2.29. The van der Waals surface area contributed by atoms with E-state index in [-0.39, 0.29) is 12.4 Å². The number of amidine groups is 1. The van der Waals surface area contributed by atoms with E-state index in [1.54, 1.807) is 4.90 Å². The third-order valence-corrected chi connectivity index (χ3v) is 4.23. The van der Waals surface area contributed by atoms with Crippen LogP contribution in [-0.4, -0.2) is 41.0 Å². The monoisotopic (exact) mass is 307 g/mol. The maximum Gasteiger partial charge on any atom is 0.122 e. The van der Waals surface area contributed by atoms with Gasteiger partial charge >= 0.3 is 0 Å². The predicted octanol–water partition coefficient (Wildman–Crippen LogP) is 3.22. The molecule has 118 valence electrons. The number of pyridine rings is 1.